The zero-order valence-corrected chi connectivity index (χ0v) is 13.2. The number of hydrogen-bond donors (Lipinski definition) is 1. The van der Waals surface area contributed by atoms with Crippen LogP contribution in [0.4, 0.5) is 4.39 Å². The van der Waals surface area contributed by atoms with Crippen molar-refractivity contribution in [3.8, 4) is 0 Å². The van der Waals surface area contributed by atoms with Gasteiger partial charge in [0.15, 0.2) is 0 Å². The van der Waals surface area contributed by atoms with Gasteiger partial charge >= 0.3 is 0 Å². The molecule has 3 heteroatoms. The Hall–Kier alpha value is -0.410. The van der Waals surface area contributed by atoms with Crippen molar-refractivity contribution in [3.63, 3.8) is 0 Å². The first-order chi connectivity index (χ1) is 9.16. The Bertz CT molecular complexity index is 400. The van der Waals surface area contributed by atoms with E-state index in [1.165, 1.54) is 51.0 Å². The highest BCUT2D eigenvalue weighted by atomic mass is 79.9. The molecule has 0 bridgehead atoms. The summed E-state index contributed by atoms with van der Waals surface area (Å²) in [4.78, 5) is 0. The number of hydrogen-bond acceptors (Lipinski definition) is 1. The summed E-state index contributed by atoms with van der Waals surface area (Å²) < 4.78 is 14.0. The molecule has 0 radical (unpaired) electrons. The zero-order chi connectivity index (χ0) is 13.7. The third kappa shape index (κ3) is 4.57. The second kappa shape index (κ2) is 7.39. The predicted octanol–water partition coefficient (Wildman–Crippen LogP) is 5.35. The fourth-order valence-electron chi connectivity index (χ4n) is 2.92. The highest BCUT2D eigenvalue weighted by Gasteiger charge is 2.16. The smallest absolute Gasteiger partial charge is 0.124 e. The molecule has 1 aromatic carbocycles. The van der Waals surface area contributed by atoms with E-state index in [1.54, 1.807) is 6.07 Å². The van der Waals surface area contributed by atoms with E-state index in [-0.39, 0.29) is 11.9 Å². The van der Waals surface area contributed by atoms with Gasteiger partial charge in [0.1, 0.15) is 5.82 Å². The molecule has 1 atom stereocenters. The van der Waals surface area contributed by atoms with E-state index in [0.29, 0.717) is 6.04 Å². The number of rotatable bonds is 3. The summed E-state index contributed by atoms with van der Waals surface area (Å²) >= 11 is 3.46. The van der Waals surface area contributed by atoms with Crippen molar-refractivity contribution in [2.24, 2.45) is 0 Å². The van der Waals surface area contributed by atoms with Gasteiger partial charge in [-0.15, -0.1) is 0 Å². The van der Waals surface area contributed by atoms with Crippen LogP contribution in [0, 0.1) is 5.82 Å². The van der Waals surface area contributed by atoms with Crippen molar-refractivity contribution in [1.82, 2.24) is 5.32 Å². The highest BCUT2D eigenvalue weighted by Crippen LogP contribution is 2.26. The molecule has 1 fully saturated rings. The molecule has 0 spiro atoms. The molecule has 0 heterocycles. The Morgan fingerprint density at radius 3 is 2.42 bits per heavy atom. The lowest BCUT2D eigenvalue weighted by Crippen LogP contribution is -2.32. The van der Waals surface area contributed by atoms with Crippen molar-refractivity contribution in [1.29, 1.82) is 0 Å². The number of benzene rings is 1. The van der Waals surface area contributed by atoms with Gasteiger partial charge in [0.2, 0.25) is 0 Å². The van der Waals surface area contributed by atoms with E-state index >= 15 is 0 Å². The standard InChI is InChI=1S/C16H23BrFN/c1-12(15-10-9-13(18)11-16(15)17)19-14-7-5-3-2-4-6-8-14/h9-12,14,19H,2-8H2,1H3. The van der Waals surface area contributed by atoms with Crippen LogP contribution in [0.25, 0.3) is 0 Å². The molecule has 1 N–H and O–H groups in total. The number of nitrogens with one attached hydrogen (secondary N) is 1. The minimum atomic E-state index is -0.186. The van der Waals surface area contributed by atoms with Crippen LogP contribution in [0.1, 0.15) is 63.5 Å². The van der Waals surface area contributed by atoms with Gasteiger partial charge in [0, 0.05) is 16.6 Å². The van der Waals surface area contributed by atoms with E-state index in [0.717, 1.165) is 10.0 Å². The molecule has 1 unspecified atom stereocenters. The second-order valence-electron chi connectivity index (χ2n) is 5.60. The Morgan fingerprint density at radius 1 is 1.16 bits per heavy atom. The summed E-state index contributed by atoms with van der Waals surface area (Å²) in [5.74, 6) is -0.186. The van der Waals surface area contributed by atoms with Crippen molar-refractivity contribution >= 4 is 15.9 Å². The lowest BCUT2D eigenvalue weighted by Gasteiger charge is -2.26. The van der Waals surface area contributed by atoms with Crippen LogP contribution in [0.3, 0.4) is 0 Å². The lowest BCUT2D eigenvalue weighted by atomic mass is 9.95. The van der Waals surface area contributed by atoms with Gasteiger partial charge in [-0.3, -0.25) is 0 Å². The van der Waals surface area contributed by atoms with Crippen LogP contribution in [0.5, 0.6) is 0 Å². The minimum Gasteiger partial charge on any atom is -0.307 e. The van der Waals surface area contributed by atoms with Crippen LogP contribution < -0.4 is 5.32 Å². The van der Waals surface area contributed by atoms with Gasteiger partial charge in [-0.25, -0.2) is 4.39 Å². The van der Waals surface area contributed by atoms with E-state index in [1.807, 2.05) is 6.07 Å². The molecule has 19 heavy (non-hydrogen) atoms. The van der Waals surface area contributed by atoms with Gasteiger partial charge in [-0.1, -0.05) is 54.1 Å². The lowest BCUT2D eigenvalue weighted by molar-refractivity contribution is 0.362. The molecule has 1 aliphatic carbocycles. The van der Waals surface area contributed by atoms with Crippen molar-refractivity contribution in [2.45, 2.75) is 64.0 Å². The third-order valence-electron chi connectivity index (χ3n) is 4.02. The largest absolute Gasteiger partial charge is 0.307 e. The Kier molecular flexibility index (Phi) is 5.83. The molecule has 1 aromatic rings. The maximum Gasteiger partial charge on any atom is 0.124 e. The van der Waals surface area contributed by atoms with E-state index in [4.69, 9.17) is 0 Å². The van der Waals surface area contributed by atoms with Crippen LogP contribution in [-0.2, 0) is 0 Å². The summed E-state index contributed by atoms with van der Waals surface area (Å²) in [6, 6.07) is 5.83. The highest BCUT2D eigenvalue weighted by molar-refractivity contribution is 9.10. The molecule has 0 saturated heterocycles. The summed E-state index contributed by atoms with van der Waals surface area (Å²) in [5.41, 5.74) is 1.14. The Labute approximate surface area is 124 Å². The normalized spacial score (nSPS) is 19.7. The second-order valence-corrected chi connectivity index (χ2v) is 6.45. The average Bonchev–Trinajstić information content (AvgIpc) is 2.32. The van der Waals surface area contributed by atoms with Crippen LogP contribution in [0.15, 0.2) is 22.7 Å². The fourth-order valence-corrected chi connectivity index (χ4v) is 3.61. The Morgan fingerprint density at radius 2 is 1.79 bits per heavy atom. The maximum atomic E-state index is 13.1. The van der Waals surface area contributed by atoms with Gasteiger partial charge in [-0.05, 0) is 37.5 Å². The van der Waals surface area contributed by atoms with Crippen molar-refractivity contribution < 1.29 is 4.39 Å². The zero-order valence-electron chi connectivity index (χ0n) is 11.6. The molecule has 1 aliphatic rings. The topological polar surface area (TPSA) is 12.0 Å². The number of halogens is 2. The molecular weight excluding hydrogens is 305 g/mol. The van der Waals surface area contributed by atoms with Crippen LogP contribution in [-0.4, -0.2) is 6.04 Å². The quantitative estimate of drug-likeness (QED) is 0.788. The predicted molar refractivity (Wildman–Crippen MR) is 81.8 cm³/mol. The summed E-state index contributed by atoms with van der Waals surface area (Å²) in [6.07, 6.45) is 9.32. The fraction of sp³-hybridized carbons (Fsp3) is 0.625. The monoisotopic (exact) mass is 327 g/mol. The molecule has 0 aromatic heterocycles. The van der Waals surface area contributed by atoms with Gasteiger partial charge in [0.05, 0.1) is 0 Å². The third-order valence-corrected chi connectivity index (χ3v) is 4.71. The van der Waals surface area contributed by atoms with Crippen LogP contribution in [0.2, 0.25) is 0 Å². The minimum absolute atomic E-state index is 0.186. The molecule has 1 nitrogen and oxygen atoms in total. The molecular formula is C16H23BrFN. The van der Waals surface area contributed by atoms with Gasteiger partial charge in [0.25, 0.3) is 0 Å². The first kappa shape index (κ1) is 15.0. The molecule has 2 rings (SSSR count). The van der Waals surface area contributed by atoms with E-state index < -0.39 is 0 Å². The summed E-state index contributed by atoms with van der Waals surface area (Å²) in [7, 11) is 0. The molecule has 1 saturated carbocycles. The maximum absolute atomic E-state index is 13.1. The van der Waals surface area contributed by atoms with Gasteiger partial charge < -0.3 is 5.32 Å². The van der Waals surface area contributed by atoms with Crippen molar-refractivity contribution in [2.75, 3.05) is 0 Å². The summed E-state index contributed by atoms with van der Waals surface area (Å²) in [6.45, 7) is 2.16. The van der Waals surface area contributed by atoms with Crippen molar-refractivity contribution in [3.05, 3.63) is 34.1 Å². The Balaban J connectivity index is 1.96. The summed E-state index contributed by atoms with van der Waals surface area (Å²) in [5, 5.41) is 3.71. The van der Waals surface area contributed by atoms with Crippen LogP contribution >= 0.6 is 15.9 Å². The SMILES string of the molecule is CC(NC1CCCCCCC1)c1ccc(F)cc1Br. The van der Waals surface area contributed by atoms with E-state index in [9.17, 15) is 4.39 Å². The van der Waals surface area contributed by atoms with Gasteiger partial charge in [-0.2, -0.15) is 0 Å². The first-order valence-corrected chi connectivity index (χ1v) is 8.17. The molecule has 106 valence electrons. The molecule has 0 amide bonds. The first-order valence-electron chi connectivity index (χ1n) is 7.38. The average molecular weight is 328 g/mol. The molecule has 0 aliphatic heterocycles. The van der Waals surface area contributed by atoms with E-state index in [2.05, 4.69) is 28.2 Å².